The topological polar surface area (TPSA) is 12.5 Å². The molecule has 60 valence electrons. The SMILES string of the molecule is COCCN(C)CC1CC1. The van der Waals surface area contributed by atoms with E-state index >= 15 is 0 Å². The van der Waals surface area contributed by atoms with Gasteiger partial charge in [0.2, 0.25) is 0 Å². The Morgan fingerprint density at radius 1 is 1.50 bits per heavy atom. The van der Waals surface area contributed by atoms with Gasteiger partial charge in [-0.15, -0.1) is 0 Å². The van der Waals surface area contributed by atoms with Crippen molar-refractivity contribution in [1.29, 1.82) is 0 Å². The van der Waals surface area contributed by atoms with Crippen LogP contribution < -0.4 is 0 Å². The second-order valence-corrected chi connectivity index (χ2v) is 3.20. The maximum atomic E-state index is 4.97. The third-order valence-electron chi connectivity index (χ3n) is 1.94. The molecular formula is C8H17NO. The van der Waals surface area contributed by atoms with Gasteiger partial charge in [0.15, 0.2) is 0 Å². The molecule has 0 heterocycles. The highest BCUT2D eigenvalue weighted by atomic mass is 16.5. The second-order valence-electron chi connectivity index (χ2n) is 3.20. The molecule has 0 amide bonds. The third kappa shape index (κ3) is 3.18. The summed E-state index contributed by atoms with van der Waals surface area (Å²) >= 11 is 0. The van der Waals surface area contributed by atoms with Crippen LogP contribution in [0.15, 0.2) is 0 Å². The maximum Gasteiger partial charge on any atom is 0.0589 e. The van der Waals surface area contributed by atoms with Crippen LogP contribution in [0.25, 0.3) is 0 Å². The minimum Gasteiger partial charge on any atom is -0.383 e. The van der Waals surface area contributed by atoms with Crippen molar-refractivity contribution in [3.05, 3.63) is 0 Å². The molecule has 0 aromatic carbocycles. The molecule has 10 heavy (non-hydrogen) atoms. The number of nitrogens with zero attached hydrogens (tertiary/aromatic N) is 1. The van der Waals surface area contributed by atoms with E-state index in [2.05, 4.69) is 11.9 Å². The molecule has 0 unspecified atom stereocenters. The quantitative estimate of drug-likeness (QED) is 0.568. The lowest BCUT2D eigenvalue weighted by molar-refractivity contribution is 0.159. The highest BCUT2D eigenvalue weighted by molar-refractivity contribution is 4.75. The molecule has 0 bridgehead atoms. The van der Waals surface area contributed by atoms with Crippen molar-refractivity contribution in [2.24, 2.45) is 5.92 Å². The third-order valence-corrected chi connectivity index (χ3v) is 1.94. The van der Waals surface area contributed by atoms with E-state index in [9.17, 15) is 0 Å². The van der Waals surface area contributed by atoms with Gasteiger partial charge < -0.3 is 9.64 Å². The van der Waals surface area contributed by atoms with E-state index in [-0.39, 0.29) is 0 Å². The van der Waals surface area contributed by atoms with Crippen molar-refractivity contribution in [3.8, 4) is 0 Å². The lowest BCUT2D eigenvalue weighted by atomic mass is 10.4. The predicted molar refractivity (Wildman–Crippen MR) is 42.1 cm³/mol. The molecule has 1 saturated carbocycles. The summed E-state index contributed by atoms with van der Waals surface area (Å²) in [5.74, 6) is 1.00. The average molecular weight is 143 g/mol. The van der Waals surface area contributed by atoms with Gasteiger partial charge in [-0.3, -0.25) is 0 Å². The van der Waals surface area contributed by atoms with Crippen molar-refractivity contribution in [1.82, 2.24) is 4.90 Å². The van der Waals surface area contributed by atoms with E-state index in [0.717, 1.165) is 19.1 Å². The monoisotopic (exact) mass is 143 g/mol. The Hall–Kier alpha value is -0.0800. The predicted octanol–water partition coefficient (Wildman–Crippen LogP) is 0.975. The Morgan fingerprint density at radius 2 is 2.20 bits per heavy atom. The summed E-state index contributed by atoms with van der Waals surface area (Å²) in [6.45, 7) is 3.21. The van der Waals surface area contributed by atoms with E-state index < -0.39 is 0 Å². The van der Waals surface area contributed by atoms with Crippen molar-refractivity contribution >= 4 is 0 Å². The molecule has 0 N–H and O–H groups in total. The Kier molecular flexibility index (Phi) is 3.16. The molecule has 0 aromatic rings. The van der Waals surface area contributed by atoms with Crippen LogP contribution in [0.4, 0.5) is 0 Å². The summed E-state index contributed by atoms with van der Waals surface area (Å²) in [4.78, 5) is 2.35. The van der Waals surface area contributed by atoms with Crippen LogP contribution in [0, 0.1) is 5.92 Å². The molecule has 1 aliphatic carbocycles. The summed E-state index contributed by atoms with van der Waals surface area (Å²) in [5.41, 5.74) is 0. The van der Waals surface area contributed by atoms with E-state index in [1.807, 2.05) is 0 Å². The standard InChI is InChI=1S/C8H17NO/c1-9(5-6-10-2)7-8-3-4-8/h8H,3-7H2,1-2H3. The summed E-state index contributed by atoms with van der Waals surface area (Å²) in [6, 6.07) is 0. The fraction of sp³-hybridized carbons (Fsp3) is 1.00. The Morgan fingerprint density at radius 3 is 2.70 bits per heavy atom. The number of hydrogen-bond donors (Lipinski definition) is 0. The van der Waals surface area contributed by atoms with Crippen LogP contribution in [0.3, 0.4) is 0 Å². The Bertz CT molecular complexity index is 91.3. The van der Waals surface area contributed by atoms with Gasteiger partial charge in [-0.2, -0.15) is 0 Å². The zero-order valence-corrected chi connectivity index (χ0v) is 6.97. The zero-order valence-electron chi connectivity index (χ0n) is 6.97. The molecule has 2 heteroatoms. The largest absolute Gasteiger partial charge is 0.383 e. The maximum absolute atomic E-state index is 4.97. The van der Waals surface area contributed by atoms with Crippen LogP contribution in [-0.4, -0.2) is 38.8 Å². The van der Waals surface area contributed by atoms with Crippen LogP contribution in [0.1, 0.15) is 12.8 Å². The molecule has 2 nitrogen and oxygen atoms in total. The van der Waals surface area contributed by atoms with Gasteiger partial charge in [0.1, 0.15) is 0 Å². The molecule has 0 radical (unpaired) electrons. The Labute approximate surface area is 63.2 Å². The highest BCUT2D eigenvalue weighted by Crippen LogP contribution is 2.29. The first-order valence-corrected chi connectivity index (χ1v) is 4.00. The van der Waals surface area contributed by atoms with Crippen molar-refractivity contribution in [2.45, 2.75) is 12.8 Å². The number of ether oxygens (including phenoxy) is 1. The van der Waals surface area contributed by atoms with Crippen molar-refractivity contribution in [2.75, 3.05) is 33.9 Å². The van der Waals surface area contributed by atoms with Crippen molar-refractivity contribution < 1.29 is 4.74 Å². The van der Waals surface area contributed by atoms with Gasteiger partial charge in [-0.1, -0.05) is 0 Å². The highest BCUT2D eigenvalue weighted by Gasteiger charge is 2.22. The Balaban J connectivity index is 1.91. The van der Waals surface area contributed by atoms with Gasteiger partial charge in [-0.25, -0.2) is 0 Å². The first kappa shape index (κ1) is 8.02. The molecule has 0 atom stereocenters. The average Bonchev–Trinajstić information content (AvgIpc) is 2.67. The molecule has 1 rings (SSSR count). The lowest BCUT2D eigenvalue weighted by Crippen LogP contribution is -2.24. The fourth-order valence-corrected chi connectivity index (χ4v) is 1.08. The smallest absolute Gasteiger partial charge is 0.0589 e. The molecule has 1 fully saturated rings. The summed E-state index contributed by atoms with van der Waals surface area (Å²) in [6.07, 6.45) is 2.88. The van der Waals surface area contributed by atoms with Gasteiger partial charge in [0, 0.05) is 20.2 Å². The van der Waals surface area contributed by atoms with E-state index in [0.29, 0.717) is 0 Å². The molecule has 1 aliphatic rings. The second kappa shape index (κ2) is 3.94. The number of methoxy groups -OCH3 is 1. The molecule has 0 saturated heterocycles. The summed E-state index contributed by atoms with van der Waals surface area (Å²) in [7, 11) is 3.92. The summed E-state index contributed by atoms with van der Waals surface area (Å²) in [5, 5.41) is 0. The van der Waals surface area contributed by atoms with Crippen LogP contribution in [-0.2, 0) is 4.74 Å². The zero-order chi connectivity index (χ0) is 7.40. The molecule has 0 aromatic heterocycles. The van der Waals surface area contributed by atoms with Crippen LogP contribution in [0.2, 0.25) is 0 Å². The minimum absolute atomic E-state index is 0.864. The van der Waals surface area contributed by atoms with E-state index in [1.165, 1.54) is 19.4 Å². The first-order valence-electron chi connectivity index (χ1n) is 4.00. The fourth-order valence-electron chi connectivity index (χ4n) is 1.08. The first-order chi connectivity index (χ1) is 4.83. The minimum atomic E-state index is 0.864. The lowest BCUT2D eigenvalue weighted by Gasteiger charge is -2.14. The molecular weight excluding hydrogens is 126 g/mol. The number of rotatable bonds is 5. The van der Waals surface area contributed by atoms with Gasteiger partial charge >= 0.3 is 0 Å². The van der Waals surface area contributed by atoms with E-state index in [4.69, 9.17) is 4.74 Å². The van der Waals surface area contributed by atoms with Crippen LogP contribution in [0.5, 0.6) is 0 Å². The van der Waals surface area contributed by atoms with Gasteiger partial charge in [-0.05, 0) is 25.8 Å². The van der Waals surface area contributed by atoms with Gasteiger partial charge in [0.25, 0.3) is 0 Å². The molecule has 0 spiro atoms. The molecule has 0 aliphatic heterocycles. The van der Waals surface area contributed by atoms with E-state index in [1.54, 1.807) is 7.11 Å². The van der Waals surface area contributed by atoms with Crippen LogP contribution >= 0.6 is 0 Å². The normalized spacial score (nSPS) is 18.3. The van der Waals surface area contributed by atoms with Crippen molar-refractivity contribution in [3.63, 3.8) is 0 Å². The summed E-state index contributed by atoms with van der Waals surface area (Å²) < 4.78 is 4.97. The number of hydrogen-bond acceptors (Lipinski definition) is 2. The number of likely N-dealkylation sites (N-methyl/N-ethyl adjacent to an activating group) is 1. The van der Waals surface area contributed by atoms with Gasteiger partial charge in [0.05, 0.1) is 6.61 Å².